The SMILES string of the molecule is O=c1/c(=C\c2ccc(OCc3ccccc3Cl)c(Br)c2)sc2n1[C@@H](c1ccc(Cl)cc1)C1=C(N=2)c2ccccc2CC1. The third-order valence-electron chi connectivity index (χ3n) is 7.65. The van der Waals surface area contributed by atoms with Gasteiger partial charge in [-0.2, -0.15) is 0 Å². The van der Waals surface area contributed by atoms with Crippen LogP contribution in [0.5, 0.6) is 5.75 Å². The van der Waals surface area contributed by atoms with E-state index < -0.39 is 0 Å². The molecule has 2 heterocycles. The van der Waals surface area contributed by atoms with Gasteiger partial charge < -0.3 is 4.74 Å². The minimum absolute atomic E-state index is 0.0562. The van der Waals surface area contributed by atoms with E-state index in [1.807, 2.05) is 77.4 Å². The lowest BCUT2D eigenvalue weighted by atomic mass is 9.83. The molecule has 1 aliphatic carbocycles. The maximum Gasteiger partial charge on any atom is 0.271 e. The van der Waals surface area contributed by atoms with Gasteiger partial charge in [0.15, 0.2) is 4.80 Å². The van der Waals surface area contributed by atoms with Crippen molar-refractivity contribution >= 4 is 62.2 Å². The molecule has 0 N–H and O–H groups in total. The fraction of sp³-hybridized carbons (Fsp3) is 0.118. The maximum absolute atomic E-state index is 14.0. The Bertz CT molecular complexity index is 2060. The van der Waals surface area contributed by atoms with E-state index in [9.17, 15) is 4.79 Å². The monoisotopic (exact) mass is 672 g/mol. The molecule has 0 fully saturated rings. The summed E-state index contributed by atoms with van der Waals surface area (Å²) < 4.78 is 9.28. The number of allylic oxidation sites excluding steroid dienone is 1. The van der Waals surface area contributed by atoms with Gasteiger partial charge in [-0.25, -0.2) is 4.99 Å². The molecule has 0 spiro atoms. The number of benzene rings is 4. The van der Waals surface area contributed by atoms with E-state index in [4.69, 9.17) is 32.9 Å². The van der Waals surface area contributed by atoms with Crippen molar-refractivity contribution in [3.8, 4) is 5.75 Å². The third-order valence-corrected chi connectivity index (χ3v) is 9.88. The molecule has 8 heteroatoms. The largest absolute Gasteiger partial charge is 0.488 e. The Balaban J connectivity index is 1.29. The van der Waals surface area contributed by atoms with Gasteiger partial charge in [0.2, 0.25) is 0 Å². The zero-order valence-corrected chi connectivity index (χ0v) is 26.1. The highest BCUT2D eigenvalue weighted by atomic mass is 79.9. The van der Waals surface area contributed by atoms with Crippen LogP contribution in [0.1, 0.15) is 40.3 Å². The van der Waals surface area contributed by atoms with Crippen molar-refractivity contribution in [3.63, 3.8) is 0 Å². The number of halogens is 3. The molecule has 42 heavy (non-hydrogen) atoms. The standard InChI is InChI=1S/C34H23BrCl2N2O2S/c35-27-17-20(9-16-29(27)41-19-23-6-2-4-8-28(23)37)18-30-33(40)39-32(22-10-13-24(36)14-11-22)26-15-12-21-5-1-3-7-25(21)31(26)38-34(39)42-30/h1-11,13-14,16-18,32H,12,15,19H2/b30-18+/t32-/m0/s1. The summed E-state index contributed by atoms with van der Waals surface area (Å²) in [5, 5.41) is 1.34. The molecule has 7 rings (SSSR count). The third kappa shape index (κ3) is 5.07. The van der Waals surface area contributed by atoms with Gasteiger partial charge >= 0.3 is 0 Å². The number of thiazole rings is 1. The van der Waals surface area contributed by atoms with Crippen LogP contribution in [0.4, 0.5) is 0 Å². The van der Waals surface area contributed by atoms with Gasteiger partial charge in [-0.15, -0.1) is 0 Å². The number of aromatic nitrogens is 1. The first-order valence-corrected chi connectivity index (χ1v) is 15.9. The fourth-order valence-electron chi connectivity index (χ4n) is 5.61. The lowest BCUT2D eigenvalue weighted by Crippen LogP contribution is -2.38. The van der Waals surface area contributed by atoms with Crippen LogP contribution in [-0.4, -0.2) is 4.57 Å². The number of fused-ring (bicyclic) bond motifs is 3. The average Bonchev–Trinajstić information content (AvgIpc) is 3.31. The Morgan fingerprint density at radius 3 is 2.57 bits per heavy atom. The highest BCUT2D eigenvalue weighted by molar-refractivity contribution is 9.10. The fourth-order valence-corrected chi connectivity index (χ4v) is 7.44. The molecule has 2 aliphatic rings. The summed E-state index contributed by atoms with van der Waals surface area (Å²) in [4.78, 5) is 19.8. The van der Waals surface area contributed by atoms with Crippen molar-refractivity contribution in [1.82, 2.24) is 4.57 Å². The second kappa shape index (κ2) is 11.3. The van der Waals surface area contributed by atoms with Gasteiger partial charge in [0.1, 0.15) is 12.4 Å². The second-order valence-corrected chi connectivity index (χ2v) is 12.9. The molecule has 0 amide bonds. The van der Waals surface area contributed by atoms with Gasteiger partial charge in [-0.05, 0) is 87.4 Å². The first-order chi connectivity index (χ1) is 20.5. The lowest BCUT2D eigenvalue weighted by molar-refractivity contribution is 0.304. The van der Waals surface area contributed by atoms with Crippen molar-refractivity contribution in [1.29, 1.82) is 0 Å². The Morgan fingerprint density at radius 2 is 1.76 bits per heavy atom. The number of aryl methyl sites for hydroxylation is 1. The van der Waals surface area contributed by atoms with E-state index >= 15 is 0 Å². The van der Waals surface area contributed by atoms with Crippen LogP contribution in [0, 0.1) is 0 Å². The minimum Gasteiger partial charge on any atom is -0.488 e. The normalized spacial score (nSPS) is 16.0. The summed E-state index contributed by atoms with van der Waals surface area (Å²) in [5.41, 5.74) is 7.34. The first-order valence-electron chi connectivity index (χ1n) is 13.5. The van der Waals surface area contributed by atoms with Crippen LogP contribution in [-0.2, 0) is 13.0 Å². The van der Waals surface area contributed by atoms with Crippen molar-refractivity contribution in [2.24, 2.45) is 4.99 Å². The van der Waals surface area contributed by atoms with Crippen LogP contribution in [0.2, 0.25) is 10.0 Å². The van der Waals surface area contributed by atoms with E-state index in [2.05, 4.69) is 40.2 Å². The molecule has 4 aromatic carbocycles. The molecule has 0 saturated heterocycles. The zero-order valence-electron chi connectivity index (χ0n) is 22.2. The highest BCUT2D eigenvalue weighted by Crippen LogP contribution is 2.41. The van der Waals surface area contributed by atoms with Crippen molar-refractivity contribution in [3.05, 3.63) is 159 Å². The molecule has 0 unspecified atom stereocenters. The van der Waals surface area contributed by atoms with Gasteiger partial charge in [0, 0.05) is 21.2 Å². The summed E-state index contributed by atoms with van der Waals surface area (Å²) in [6.45, 7) is 0.356. The van der Waals surface area contributed by atoms with Crippen LogP contribution < -0.4 is 19.6 Å². The maximum atomic E-state index is 14.0. The first kappa shape index (κ1) is 27.4. The van der Waals surface area contributed by atoms with Crippen LogP contribution in [0.25, 0.3) is 11.8 Å². The zero-order chi connectivity index (χ0) is 28.8. The predicted molar refractivity (Wildman–Crippen MR) is 174 cm³/mol. The van der Waals surface area contributed by atoms with Crippen LogP contribution in [0.3, 0.4) is 0 Å². The second-order valence-electron chi connectivity index (χ2n) is 10.2. The molecule has 4 nitrogen and oxygen atoms in total. The molecule has 0 bridgehead atoms. The molecule has 1 atom stereocenters. The molecular weight excluding hydrogens is 651 g/mol. The Labute approximate surface area is 265 Å². The van der Waals surface area contributed by atoms with Crippen LogP contribution >= 0.6 is 50.5 Å². The smallest absolute Gasteiger partial charge is 0.271 e. The van der Waals surface area contributed by atoms with Gasteiger partial charge in [-0.3, -0.25) is 9.36 Å². The molecule has 0 saturated carbocycles. The molecular formula is C34H23BrCl2N2O2S. The Kier molecular flexibility index (Phi) is 7.40. The van der Waals surface area contributed by atoms with E-state index in [0.717, 1.165) is 50.8 Å². The molecule has 208 valence electrons. The number of hydrogen-bond acceptors (Lipinski definition) is 4. The molecule has 5 aromatic rings. The topological polar surface area (TPSA) is 43.6 Å². The van der Waals surface area contributed by atoms with Crippen molar-refractivity contribution in [2.75, 3.05) is 0 Å². The van der Waals surface area contributed by atoms with Gasteiger partial charge in [0.05, 0.1) is 20.7 Å². The van der Waals surface area contributed by atoms with E-state index in [0.29, 0.717) is 31.7 Å². The minimum atomic E-state index is -0.239. The number of ether oxygens (including phenoxy) is 1. The summed E-state index contributed by atoms with van der Waals surface area (Å²) in [6.07, 6.45) is 3.68. The summed E-state index contributed by atoms with van der Waals surface area (Å²) in [5.74, 6) is 0.697. The van der Waals surface area contributed by atoms with Crippen LogP contribution in [0.15, 0.2) is 111 Å². The lowest BCUT2D eigenvalue weighted by Gasteiger charge is -2.30. The summed E-state index contributed by atoms with van der Waals surface area (Å²) in [6, 6.07) is 29.4. The molecule has 0 radical (unpaired) electrons. The van der Waals surface area contributed by atoms with Crippen molar-refractivity contribution in [2.45, 2.75) is 25.5 Å². The quantitative estimate of drug-likeness (QED) is 0.190. The summed E-state index contributed by atoms with van der Waals surface area (Å²) in [7, 11) is 0. The molecule has 1 aromatic heterocycles. The van der Waals surface area contributed by atoms with E-state index in [-0.39, 0.29) is 11.6 Å². The predicted octanol–water partition coefficient (Wildman–Crippen LogP) is 7.97. The Hall–Kier alpha value is -3.42. The number of rotatable bonds is 5. The Morgan fingerprint density at radius 1 is 0.976 bits per heavy atom. The van der Waals surface area contributed by atoms with E-state index in [1.54, 1.807) is 0 Å². The number of hydrogen-bond donors (Lipinski definition) is 0. The number of nitrogens with zero attached hydrogens (tertiary/aromatic N) is 2. The van der Waals surface area contributed by atoms with Gasteiger partial charge in [0.25, 0.3) is 5.56 Å². The highest BCUT2D eigenvalue weighted by Gasteiger charge is 2.32. The summed E-state index contributed by atoms with van der Waals surface area (Å²) >= 11 is 17.6. The van der Waals surface area contributed by atoms with Gasteiger partial charge in [-0.1, -0.05) is 95.2 Å². The van der Waals surface area contributed by atoms with Crippen molar-refractivity contribution < 1.29 is 4.74 Å². The molecule has 1 aliphatic heterocycles. The van der Waals surface area contributed by atoms with E-state index in [1.165, 1.54) is 16.9 Å². The average molecular weight is 674 g/mol.